The van der Waals surface area contributed by atoms with Crippen molar-refractivity contribution >= 4 is 5.71 Å². The summed E-state index contributed by atoms with van der Waals surface area (Å²) in [5.74, 6) is 0. The van der Waals surface area contributed by atoms with Crippen LogP contribution in [0.15, 0.2) is 29.3 Å². The fourth-order valence-corrected chi connectivity index (χ4v) is 0.968. The first-order chi connectivity index (χ1) is 4.86. The van der Waals surface area contributed by atoms with Crippen molar-refractivity contribution in [3.63, 3.8) is 0 Å². The molecule has 0 aromatic heterocycles. The van der Waals surface area contributed by atoms with Crippen molar-refractivity contribution in [3.05, 3.63) is 35.4 Å². The summed E-state index contributed by atoms with van der Waals surface area (Å²) in [5, 5.41) is 0. The Kier molecular flexibility index (Phi) is 1.10. The highest BCUT2D eigenvalue weighted by atomic mass is 14.9. The van der Waals surface area contributed by atoms with Crippen LogP contribution >= 0.6 is 0 Å². The predicted octanol–water partition coefficient (Wildman–Crippen LogP) is 1.80. The van der Waals surface area contributed by atoms with E-state index < -0.39 is 0 Å². The van der Waals surface area contributed by atoms with Gasteiger partial charge in [0, 0.05) is 0 Å². The summed E-state index contributed by atoms with van der Waals surface area (Å²) in [4.78, 5) is 4.12. The van der Waals surface area contributed by atoms with Gasteiger partial charge < -0.3 is 0 Å². The van der Waals surface area contributed by atoms with Crippen LogP contribution in [0, 0.1) is 6.92 Å². The van der Waals surface area contributed by atoms with Gasteiger partial charge in [0.25, 0.3) is 0 Å². The molecule has 1 aromatic carbocycles. The van der Waals surface area contributed by atoms with Gasteiger partial charge in [-0.15, -0.1) is 0 Å². The van der Waals surface area contributed by atoms with E-state index in [1.54, 1.807) is 0 Å². The summed E-state index contributed by atoms with van der Waals surface area (Å²) in [7, 11) is 0. The summed E-state index contributed by atoms with van der Waals surface area (Å²) >= 11 is 0. The van der Waals surface area contributed by atoms with Crippen LogP contribution in [0.2, 0.25) is 0 Å². The summed E-state index contributed by atoms with van der Waals surface area (Å²) in [6.07, 6.45) is 0. The molecule has 0 unspecified atom stereocenters. The van der Waals surface area contributed by atoms with Crippen molar-refractivity contribution in [1.82, 2.24) is 0 Å². The zero-order valence-electron chi connectivity index (χ0n) is 5.96. The van der Waals surface area contributed by atoms with E-state index >= 15 is 0 Å². The van der Waals surface area contributed by atoms with E-state index in [9.17, 15) is 0 Å². The third-order valence-corrected chi connectivity index (χ3v) is 1.70. The molecule has 1 heteroatoms. The number of aryl methyl sites for hydroxylation is 1. The number of rotatable bonds is 1. The summed E-state index contributed by atoms with van der Waals surface area (Å²) < 4.78 is 0. The Morgan fingerprint density at radius 3 is 2.30 bits per heavy atom. The number of benzene rings is 1. The van der Waals surface area contributed by atoms with Crippen molar-refractivity contribution in [3.8, 4) is 0 Å². The van der Waals surface area contributed by atoms with Crippen molar-refractivity contribution < 1.29 is 0 Å². The third-order valence-electron chi connectivity index (χ3n) is 1.70. The fourth-order valence-electron chi connectivity index (χ4n) is 0.968. The normalized spacial score (nSPS) is 14.7. The van der Waals surface area contributed by atoms with Gasteiger partial charge in [0.15, 0.2) is 0 Å². The van der Waals surface area contributed by atoms with Gasteiger partial charge in [0.1, 0.15) is 0 Å². The van der Waals surface area contributed by atoms with E-state index in [0.29, 0.717) is 0 Å². The molecule has 2 rings (SSSR count). The highest BCUT2D eigenvalue weighted by Crippen LogP contribution is 2.11. The van der Waals surface area contributed by atoms with E-state index in [2.05, 4.69) is 36.2 Å². The van der Waals surface area contributed by atoms with Crippen molar-refractivity contribution in [2.24, 2.45) is 4.99 Å². The first kappa shape index (κ1) is 5.66. The van der Waals surface area contributed by atoms with Gasteiger partial charge >= 0.3 is 0 Å². The fraction of sp³-hybridized carbons (Fsp3) is 0.222. The number of hydrogen-bond acceptors (Lipinski definition) is 1. The molecule has 0 saturated heterocycles. The Balaban J connectivity index is 2.37. The lowest BCUT2D eigenvalue weighted by atomic mass is 10.1. The van der Waals surface area contributed by atoms with Gasteiger partial charge in [-0.25, -0.2) is 0 Å². The average molecular weight is 131 g/mol. The van der Waals surface area contributed by atoms with Crippen LogP contribution in [0.4, 0.5) is 0 Å². The van der Waals surface area contributed by atoms with Gasteiger partial charge in [-0.3, -0.25) is 4.99 Å². The number of aliphatic imine (C=N–C) groups is 1. The van der Waals surface area contributed by atoms with Gasteiger partial charge in [0.2, 0.25) is 0 Å². The van der Waals surface area contributed by atoms with E-state index in [-0.39, 0.29) is 0 Å². The largest absolute Gasteiger partial charge is 0.281 e. The third kappa shape index (κ3) is 0.947. The summed E-state index contributed by atoms with van der Waals surface area (Å²) in [6, 6.07) is 8.49. The lowest BCUT2D eigenvalue weighted by Crippen LogP contribution is -1.85. The monoisotopic (exact) mass is 131 g/mol. The molecule has 0 bridgehead atoms. The topological polar surface area (TPSA) is 12.4 Å². The maximum atomic E-state index is 4.12. The molecule has 0 N–H and O–H groups in total. The van der Waals surface area contributed by atoms with Gasteiger partial charge in [-0.05, 0) is 12.5 Å². The molecule has 50 valence electrons. The first-order valence-corrected chi connectivity index (χ1v) is 3.46. The van der Waals surface area contributed by atoms with E-state index in [1.807, 2.05) is 0 Å². The quantitative estimate of drug-likeness (QED) is 0.551. The summed E-state index contributed by atoms with van der Waals surface area (Å²) in [6.45, 7) is 3.04. The molecule has 1 heterocycles. The lowest BCUT2D eigenvalue weighted by Gasteiger charge is -1.92. The highest BCUT2D eigenvalue weighted by molar-refractivity contribution is 6.10. The van der Waals surface area contributed by atoms with Gasteiger partial charge in [-0.2, -0.15) is 0 Å². The average Bonchev–Trinajstić information content (AvgIpc) is 2.71. The first-order valence-electron chi connectivity index (χ1n) is 3.46. The predicted molar refractivity (Wildman–Crippen MR) is 42.6 cm³/mol. The Labute approximate surface area is 60.4 Å². The maximum absolute atomic E-state index is 4.12. The second kappa shape index (κ2) is 1.94. The van der Waals surface area contributed by atoms with E-state index in [1.165, 1.54) is 16.8 Å². The molecule has 0 saturated carbocycles. The van der Waals surface area contributed by atoms with Gasteiger partial charge in [-0.1, -0.05) is 29.8 Å². The van der Waals surface area contributed by atoms with Gasteiger partial charge in [0.05, 0.1) is 12.3 Å². The molecule has 0 aliphatic carbocycles. The minimum atomic E-state index is 0.947. The SMILES string of the molecule is Cc1ccc(C2=NC2)cc1. The molecule has 1 aliphatic heterocycles. The minimum absolute atomic E-state index is 0.947. The van der Waals surface area contributed by atoms with E-state index in [0.717, 1.165) is 6.54 Å². The lowest BCUT2D eigenvalue weighted by molar-refractivity contribution is 1.47. The minimum Gasteiger partial charge on any atom is -0.281 e. The molecule has 0 atom stereocenters. The van der Waals surface area contributed by atoms with Crippen molar-refractivity contribution in [2.75, 3.05) is 6.54 Å². The second-order valence-electron chi connectivity index (χ2n) is 2.63. The van der Waals surface area contributed by atoms with Crippen LogP contribution in [0.5, 0.6) is 0 Å². The Morgan fingerprint density at radius 1 is 1.20 bits per heavy atom. The van der Waals surface area contributed by atoms with Crippen LogP contribution < -0.4 is 0 Å². The molecule has 1 nitrogen and oxygen atoms in total. The van der Waals surface area contributed by atoms with Crippen LogP contribution in [0.3, 0.4) is 0 Å². The van der Waals surface area contributed by atoms with Crippen LogP contribution in [0.1, 0.15) is 11.1 Å². The van der Waals surface area contributed by atoms with Crippen molar-refractivity contribution in [1.29, 1.82) is 0 Å². The van der Waals surface area contributed by atoms with Crippen LogP contribution in [-0.2, 0) is 0 Å². The highest BCUT2D eigenvalue weighted by Gasteiger charge is 2.10. The second-order valence-corrected chi connectivity index (χ2v) is 2.63. The Morgan fingerprint density at radius 2 is 1.80 bits per heavy atom. The number of nitrogens with zero attached hydrogens (tertiary/aromatic N) is 1. The maximum Gasteiger partial charge on any atom is 0.0817 e. The molecule has 10 heavy (non-hydrogen) atoms. The summed E-state index contributed by atoms with van der Waals surface area (Å²) in [5.41, 5.74) is 3.84. The molecular weight excluding hydrogens is 122 g/mol. The molecule has 1 aromatic rings. The number of hydrogen-bond donors (Lipinski definition) is 0. The molecule has 0 fully saturated rings. The molecule has 1 aliphatic rings. The Hall–Kier alpha value is -1.11. The zero-order valence-corrected chi connectivity index (χ0v) is 5.96. The zero-order chi connectivity index (χ0) is 6.97. The smallest absolute Gasteiger partial charge is 0.0817 e. The molecule has 0 amide bonds. The van der Waals surface area contributed by atoms with Crippen LogP contribution in [-0.4, -0.2) is 12.3 Å². The standard InChI is InChI=1S/C9H9N/c1-7-2-4-8(5-3-7)9-6-10-9/h2-5H,6H2,1H3. The van der Waals surface area contributed by atoms with Crippen LogP contribution in [0.25, 0.3) is 0 Å². The molecule has 0 spiro atoms. The van der Waals surface area contributed by atoms with Crippen molar-refractivity contribution in [2.45, 2.75) is 6.92 Å². The molecular formula is C9H9N. The Bertz CT molecular complexity index is 269. The molecule has 0 radical (unpaired) electrons. The van der Waals surface area contributed by atoms with E-state index in [4.69, 9.17) is 0 Å².